The van der Waals surface area contributed by atoms with Crippen LogP contribution in [-0.2, 0) is 10.0 Å². The molecule has 2 N–H and O–H groups in total. The molecule has 0 saturated carbocycles. The minimum atomic E-state index is -3.46. The van der Waals surface area contributed by atoms with E-state index in [2.05, 4.69) is 10.0 Å². The molecule has 29 heavy (non-hydrogen) atoms. The Kier molecular flexibility index (Phi) is 7.75. The zero-order chi connectivity index (χ0) is 21.6. The fourth-order valence-corrected chi connectivity index (χ4v) is 3.50. The average molecular weight is 441 g/mol. The highest BCUT2D eigenvalue weighted by molar-refractivity contribution is 7.92. The van der Waals surface area contributed by atoms with Gasteiger partial charge in [0.15, 0.2) is 11.5 Å². The van der Waals surface area contributed by atoms with Crippen LogP contribution in [0.3, 0.4) is 0 Å². The van der Waals surface area contributed by atoms with Gasteiger partial charge in [-0.1, -0.05) is 17.7 Å². The van der Waals surface area contributed by atoms with Crippen molar-refractivity contribution in [1.29, 1.82) is 0 Å². The molecule has 0 fully saturated rings. The summed E-state index contributed by atoms with van der Waals surface area (Å²) in [6.07, 6.45) is 1.03. The first-order valence-corrected chi connectivity index (χ1v) is 11.4. The maximum Gasteiger partial charge on any atom is 0.251 e. The van der Waals surface area contributed by atoms with E-state index in [0.29, 0.717) is 30.3 Å². The first-order chi connectivity index (χ1) is 13.6. The van der Waals surface area contributed by atoms with Gasteiger partial charge in [0.05, 0.1) is 36.2 Å². The third-order valence-corrected chi connectivity index (χ3v) is 4.85. The quantitative estimate of drug-likeness (QED) is 0.614. The number of benzene rings is 2. The number of hydrogen-bond donors (Lipinski definition) is 2. The Morgan fingerprint density at radius 2 is 1.72 bits per heavy atom. The predicted octanol–water partition coefficient (Wildman–Crippen LogP) is 4.00. The van der Waals surface area contributed by atoms with E-state index in [1.54, 1.807) is 0 Å². The van der Waals surface area contributed by atoms with E-state index in [1.807, 2.05) is 39.0 Å². The molecule has 0 aliphatic carbocycles. The van der Waals surface area contributed by atoms with Crippen LogP contribution < -0.4 is 19.5 Å². The molecule has 0 saturated heterocycles. The molecule has 0 heterocycles. The molecule has 0 aliphatic heterocycles. The van der Waals surface area contributed by atoms with Crippen LogP contribution >= 0.6 is 11.6 Å². The first kappa shape index (κ1) is 22.8. The Labute approximate surface area is 176 Å². The number of hydrogen-bond acceptors (Lipinski definition) is 5. The number of carbonyl (C=O) groups is 1. The second kappa shape index (κ2) is 9.84. The lowest BCUT2D eigenvalue weighted by molar-refractivity contribution is 0.0940. The van der Waals surface area contributed by atoms with Gasteiger partial charge in [0, 0.05) is 5.56 Å². The van der Waals surface area contributed by atoms with Crippen LogP contribution in [0, 0.1) is 0 Å². The number of halogens is 1. The third-order valence-electron chi connectivity index (χ3n) is 3.94. The minimum absolute atomic E-state index is 0.135. The van der Waals surface area contributed by atoms with Gasteiger partial charge in [-0.15, -0.1) is 0 Å². The van der Waals surface area contributed by atoms with Crippen molar-refractivity contribution < 1.29 is 22.7 Å². The van der Waals surface area contributed by atoms with Gasteiger partial charge in [-0.3, -0.25) is 9.52 Å². The van der Waals surface area contributed by atoms with Crippen molar-refractivity contribution in [3.8, 4) is 11.5 Å². The Balaban J connectivity index is 2.16. The number of anilines is 1. The van der Waals surface area contributed by atoms with Crippen LogP contribution in [0.2, 0.25) is 5.02 Å². The summed E-state index contributed by atoms with van der Waals surface area (Å²) >= 11 is 6.10. The van der Waals surface area contributed by atoms with E-state index in [-0.39, 0.29) is 22.7 Å². The molecular formula is C20H25ClN2O5S. The van der Waals surface area contributed by atoms with Crippen molar-refractivity contribution in [2.75, 3.05) is 24.2 Å². The Morgan fingerprint density at radius 1 is 1.07 bits per heavy atom. The van der Waals surface area contributed by atoms with Crippen LogP contribution in [0.4, 0.5) is 5.69 Å². The lowest BCUT2D eigenvalue weighted by Gasteiger charge is -2.18. The fraction of sp³-hybridized carbons (Fsp3) is 0.350. The molecule has 1 atom stereocenters. The van der Waals surface area contributed by atoms with E-state index < -0.39 is 10.0 Å². The summed E-state index contributed by atoms with van der Waals surface area (Å²) in [7, 11) is -3.46. The van der Waals surface area contributed by atoms with Crippen LogP contribution in [0.25, 0.3) is 0 Å². The van der Waals surface area contributed by atoms with E-state index in [9.17, 15) is 13.2 Å². The average Bonchev–Trinajstić information content (AvgIpc) is 2.64. The molecule has 0 spiro atoms. The summed E-state index contributed by atoms with van der Waals surface area (Å²) < 4.78 is 36.2. The molecule has 2 aromatic carbocycles. The standard InChI is InChI=1S/C20H25ClN2O5S/c1-5-27-18-10-8-14(12-19(18)28-6-2)13(3)22-20(24)15-7-9-17(16(21)11-15)23-29(4,25)26/h7-13,23H,5-6H2,1-4H3,(H,22,24). The molecule has 1 unspecified atom stereocenters. The van der Waals surface area contributed by atoms with Gasteiger partial charge < -0.3 is 14.8 Å². The molecule has 0 aliphatic rings. The van der Waals surface area contributed by atoms with Gasteiger partial charge in [0.2, 0.25) is 10.0 Å². The zero-order valence-corrected chi connectivity index (χ0v) is 18.4. The van der Waals surface area contributed by atoms with Gasteiger partial charge in [-0.2, -0.15) is 0 Å². The molecule has 0 bridgehead atoms. The van der Waals surface area contributed by atoms with Crippen LogP contribution in [0.1, 0.15) is 42.7 Å². The topological polar surface area (TPSA) is 93.7 Å². The SMILES string of the molecule is CCOc1ccc(C(C)NC(=O)c2ccc(NS(C)(=O)=O)c(Cl)c2)cc1OCC. The third kappa shape index (κ3) is 6.54. The Hall–Kier alpha value is -2.45. The van der Waals surface area contributed by atoms with Crippen LogP contribution in [0.5, 0.6) is 11.5 Å². The second-order valence-corrected chi connectivity index (χ2v) is 8.49. The first-order valence-electron chi connectivity index (χ1n) is 9.12. The van der Waals surface area contributed by atoms with Crippen LogP contribution in [0.15, 0.2) is 36.4 Å². The van der Waals surface area contributed by atoms with Gasteiger partial charge in [-0.05, 0) is 56.7 Å². The Bertz CT molecular complexity index is 979. The maximum atomic E-state index is 12.6. The van der Waals surface area contributed by atoms with E-state index >= 15 is 0 Å². The van der Waals surface area contributed by atoms with Crippen molar-refractivity contribution in [3.63, 3.8) is 0 Å². The number of amides is 1. The fourth-order valence-electron chi connectivity index (χ4n) is 2.64. The number of sulfonamides is 1. The van der Waals surface area contributed by atoms with Gasteiger partial charge >= 0.3 is 0 Å². The molecular weight excluding hydrogens is 416 g/mol. The lowest BCUT2D eigenvalue weighted by atomic mass is 10.1. The maximum absolute atomic E-state index is 12.6. The van der Waals surface area contributed by atoms with E-state index in [1.165, 1.54) is 18.2 Å². The monoisotopic (exact) mass is 440 g/mol. The van der Waals surface area contributed by atoms with Crippen molar-refractivity contribution in [2.24, 2.45) is 0 Å². The van der Waals surface area contributed by atoms with E-state index in [4.69, 9.17) is 21.1 Å². The molecule has 7 nitrogen and oxygen atoms in total. The number of carbonyl (C=O) groups excluding carboxylic acids is 1. The molecule has 0 aromatic heterocycles. The minimum Gasteiger partial charge on any atom is -0.490 e. The zero-order valence-electron chi connectivity index (χ0n) is 16.8. The van der Waals surface area contributed by atoms with Crippen molar-refractivity contribution in [2.45, 2.75) is 26.8 Å². The lowest BCUT2D eigenvalue weighted by Crippen LogP contribution is -2.26. The van der Waals surface area contributed by atoms with E-state index in [0.717, 1.165) is 11.8 Å². The largest absolute Gasteiger partial charge is 0.490 e. The number of ether oxygens (including phenoxy) is 2. The molecule has 1 amide bonds. The van der Waals surface area contributed by atoms with Gasteiger partial charge in [0.1, 0.15) is 0 Å². The number of nitrogens with one attached hydrogen (secondary N) is 2. The molecule has 9 heteroatoms. The van der Waals surface area contributed by atoms with Gasteiger partial charge in [-0.25, -0.2) is 8.42 Å². The van der Waals surface area contributed by atoms with Crippen molar-refractivity contribution in [1.82, 2.24) is 5.32 Å². The summed E-state index contributed by atoms with van der Waals surface area (Å²) in [5.41, 5.74) is 1.38. The summed E-state index contributed by atoms with van der Waals surface area (Å²) in [6, 6.07) is 9.59. The summed E-state index contributed by atoms with van der Waals surface area (Å²) in [4.78, 5) is 12.6. The molecule has 0 radical (unpaired) electrons. The predicted molar refractivity (Wildman–Crippen MR) is 115 cm³/mol. The second-order valence-electron chi connectivity index (χ2n) is 6.34. The molecule has 2 aromatic rings. The molecule has 158 valence electrons. The van der Waals surface area contributed by atoms with Crippen molar-refractivity contribution in [3.05, 3.63) is 52.5 Å². The summed E-state index contributed by atoms with van der Waals surface area (Å²) in [5, 5.41) is 3.03. The molecule has 2 rings (SSSR count). The normalized spacial score (nSPS) is 12.2. The summed E-state index contributed by atoms with van der Waals surface area (Å²) in [5.74, 6) is 0.932. The summed E-state index contributed by atoms with van der Waals surface area (Å²) in [6.45, 7) is 6.66. The Morgan fingerprint density at radius 3 is 2.31 bits per heavy atom. The van der Waals surface area contributed by atoms with Gasteiger partial charge in [0.25, 0.3) is 5.91 Å². The van der Waals surface area contributed by atoms with Crippen LogP contribution in [-0.4, -0.2) is 33.8 Å². The number of rotatable bonds is 9. The highest BCUT2D eigenvalue weighted by Crippen LogP contribution is 2.31. The highest BCUT2D eigenvalue weighted by atomic mass is 35.5. The van der Waals surface area contributed by atoms with Crippen molar-refractivity contribution >= 4 is 33.2 Å². The highest BCUT2D eigenvalue weighted by Gasteiger charge is 2.16. The smallest absolute Gasteiger partial charge is 0.251 e.